The van der Waals surface area contributed by atoms with Crippen LogP contribution in [-0.4, -0.2) is 34.0 Å². The lowest BCUT2D eigenvalue weighted by Crippen LogP contribution is -2.05. The summed E-state index contributed by atoms with van der Waals surface area (Å²) in [6.45, 7) is 7.22. The molecule has 0 spiro atoms. The average molecular weight is 270 g/mol. The Morgan fingerprint density at radius 1 is 0.684 bits per heavy atom. The highest BCUT2D eigenvalue weighted by Crippen LogP contribution is 2.50. The van der Waals surface area contributed by atoms with E-state index in [0.29, 0.717) is 48.6 Å². The van der Waals surface area contributed by atoms with Gasteiger partial charge in [0.1, 0.15) is 0 Å². The fourth-order valence-electron chi connectivity index (χ4n) is 1.72. The molecule has 0 aromatic heterocycles. The molecule has 0 aliphatic heterocycles. The summed E-state index contributed by atoms with van der Waals surface area (Å²) in [6, 6.07) is 1.73. The molecule has 5 heteroatoms. The van der Waals surface area contributed by atoms with Crippen molar-refractivity contribution in [3.8, 4) is 28.7 Å². The molecule has 0 heterocycles. The van der Waals surface area contributed by atoms with E-state index in [2.05, 4.69) is 0 Å². The maximum atomic E-state index is 5.65. The highest BCUT2D eigenvalue weighted by atomic mass is 16.6. The van der Waals surface area contributed by atoms with E-state index in [4.69, 9.17) is 23.7 Å². The van der Waals surface area contributed by atoms with E-state index in [0.717, 1.165) is 0 Å². The molecule has 0 unspecified atom stereocenters. The lowest BCUT2D eigenvalue weighted by Gasteiger charge is -2.20. The van der Waals surface area contributed by atoms with E-state index < -0.39 is 0 Å². The highest BCUT2D eigenvalue weighted by molar-refractivity contribution is 5.65. The number of methoxy groups -OCH3 is 2. The van der Waals surface area contributed by atoms with Gasteiger partial charge < -0.3 is 23.7 Å². The Morgan fingerprint density at radius 2 is 1.05 bits per heavy atom. The molecule has 0 N–H and O–H groups in total. The van der Waals surface area contributed by atoms with Crippen LogP contribution in [0.1, 0.15) is 20.8 Å². The van der Waals surface area contributed by atoms with Gasteiger partial charge in [-0.1, -0.05) is 0 Å². The second kappa shape index (κ2) is 7.61. The van der Waals surface area contributed by atoms with Crippen LogP contribution in [-0.2, 0) is 0 Å². The van der Waals surface area contributed by atoms with Crippen LogP contribution in [0.2, 0.25) is 0 Å². The van der Waals surface area contributed by atoms with Gasteiger partial charge in [0.2, 0.25) is 17.2 Å². The molecule has 0 saturated heterocycles. The van der Waals surface area contributed by atoms with E-state index >= 15 is 0 Å². The Balaban J connectivity index is 3.43. The van der Waals surface area contributed by atoms with Crippen molar-refractivity contribution in [3.63, 3.8) is 0 Å². The zero-order valence-electron chi connectivity index (χ0n) is 12.2. The second-order valence-corrected chi connectivity index (χ2v) is 3.57. The van der Waals surface area contributed by atoms with Crippen molar-refractivity contribution in [1.29, 1.82) is 0 Å². The van der Waals surface area contributed by atoms with Gasteiger partial charge in [-0.15, -0.1) is 0 Å². The van der Waals surface area contributed by atoms with Crippen molar-refractivity contribution in [2.45, 2.75) is 20.8 Å². The lowest BCUT2D eigenvalue weighted by atomic mass is 10.2. The van der Waals surface area contributed by atoms with Crippen LogP contribution < -0.4 is 23.7 Å². The molecule has 0 amide bonds. The minimum absolute atomic E-state index is 0.496. The van der Waals surface area contributed by atoms with Gasteiger partial charge in [0.25, 0.3) is 0 Å². The monoisotopic (exact) mass is 270 g/mol. The average Bonchev–Trinajstić information content (AvgIpc) is 2.43. The normalized spacial score (nSPS) is 9.95. The first-order valence-electron chi connectivity index (χ1n) is 6.40. The van der Waals surface area contributed by atoms with Crippen LogP contribution in [0, 0.1) is 0 Å². The van der Waals surface area contributed by atoms with Gasteiger partial charge in [0.15, 0.2) is 11.5 Å². The highest BCUT2D eigenvalue weighted by Gasteiger charge is 2.23. The zero-order chi connectivity index (χ0) is 14.3. The summed E-state index contributed by atoms with van der Waals surface area (Å²) in [5.41, 5.74) is 0. The first-order valence-corrected chi connectivity index (χ1v) is 6.40. The molecule has 5 nitrogen and oxygen atoms in total. The molecule has 0 radical (unpaired) electrons. The fraction of sp³-hybridized carbons (Fsp3) is 0.571. The third-order valence-corrected chi connectivity index (χ3v) is 2.43. The van der Waals surface area contributed by atoms with Crippen LogP contribution in [0.25, 0.3) is 0 Å². The van der Waals surface area contributed by atoms with Crippen LogP contribution in [0.5, 0.6) is 28.7 Å². The molecule has 1 aromatic rings. The van der Waals surface area contributed by atoms with Gasteiger partial charge in [-0.3, -0.25) is 0 Å². The molecule has 0 aliphatic carbocycles. The molecule has 0 saturated carbocycles. The smallest absolute Gasteiger partial charge is 0.211 e. The molecule has 19 heavy (non-hydrogen) atoms. The number of rotatable bonds is 8. The van der Waals surface area contributed by atoms with Gasteiger partial charge in [0.05, 0.1) is 34.0 Å². The van der Waals surface area contributed by atoms with E-state index in [9.17, 15) is 0 Å². The maximum absolute atomic E-state index is 5.65. The van der Waals surface area contributed by atoms with Crippen LogP contribution >= 0.6 is 0 Å². The molecule has 1 rings (SSSR count). The standard InChI is InChI=1S/C14H22O5/c1-6-17-12-10(15-4)9-11(16-5)13(18-7-2)14(12)19-8-3/h9H,6-8H2,1-5H3. The van der Waals surface area contributed by atoms with Gasteiger partial charge in [-0.25, -0.2) is 0 Å². The molecule has 0 bridgehead atoms. The number of benzene rings is 1. The van der Waals surface area contributed by atoms with E-state index in [1.807, 2.05) is 20.8 Å². The van der Waals surface area contributed by atoms with Gasteiger partial charge in [-0.05, 0) is 20.8 Å². The van der Waals surface area contributed by atoms with E-state index in [1.54, 1.807) is 20.3 Å². The third kappa shape index (κ3) is 3.36. The first kappa shape index (κ1) is 15.3. The van der Waals surface area contributed by atoms with E-state index in [-0.39, 0.29) is 0 Å². The van der Waals surface area contributed by atoms with Gasteiger partial charge in [-0.2, -0.15) is 0 Å². The summed E-state index contributed by atoms with van der Waals surface area (Å²) in [5.74, 6) is 2.71. The van der Waals surface area contributed by atoms with Gasteiger partial charge >= 0.3 is 0 Å². The molecular weight excluding hydrogens is 248 g/mol. The lowest BCUT2D eigenvalue weighted by molar-refractivity contribution is 0.241. The molecule has 108 valence electrons. The predicted octanol–water partition coefficient (Wildman–Crippen LogP) is 2.90. The molecule has 1 aromatic carbocycles. The second-order valence-electron chi connectivity index (χ2n) is 3.57. The Labute approximate surface area is 114 Å². The topological polar surface area (TPSA) is 46.2 Å². The summed E-state index contributed by atoms with van der Waals surface area (Å²) in [7, 11) is 3.15. The minimum atomic E-state index is 0.496. The molecule has 0 atom stereocenters. The van der Waals surface area contributed by atoms with Crippen molar-refractivity contribution in [2.75, 3.05) is 34.0 Å². The SMILES string of the molecule is CCOc1c(OC)cc(OC)c(OCC)c1OCC. The van der Waals surface area contributed by atoms with Crippen LogP contribution in [0.4, 0.5) is 0 Å². The molecule has 0 fully saturated rings. The quantitative estimate of drug-likeness (QED) is 0.727. The van der Waals surface area contributed by atoms with Crippen molar-refractivity contribution < 1.29 is 23.7 Å². The maximum Gasteiger partial charge on any atom is 0.211 e. The zero-order valence-corrected chi connectivity index (χ0v) is 12.2. The van der Waals surface area contributed by atoms with Crippen LogP contribution in [0.15, 0.2) is 6.07 Å². The fourth-order valence-corrected chi connectivity index (χ4v) is 1.72. The predicted molar refractivity (Wildman–Crippen MR) is 73.1 cm³/mol. The minimum Gasteiger partial charge on any atom is -0.493 e. The van der Waals surface area contributed by atoms with Crippen molar-refractivity contribution in [3.05, 3.63) is 6.07 Å². The van der Waals surface area contributed by atoms with Crippen molar-refractivity contribution >= 4 is 0 Å². The number of hydrogen-bond acceptors (Lipinski definition) is 5. The molecular formula is C14H22O5. The third-order valence-electron chi connectivity index (χ3n) is 2.43. The Hall–Kier alpha value is -1.78. The Bertz CT molecular complexity index is 371. The molecule has 0 aliphatic rings. The van der Waals surface area contributed by atoms with E-state index in [1.165, 1.54) is 0 Å². The Morgan fingerprint density at radius 3 is 1.37 bits per heavy atom. The number of ether oxygens (including phenoxy) is 5. The summed E-state index contributed by atoms with van der Waals surface area (Å²) >= 11 is 0. The van der Waals surface area contributed by atoms with Crippen molar-refractivity contribution in [1.82, 2.24) is 0 Å². The number of hydrogen-bond donors (Lipinski definition) is 0. The van der Waals surface area contributed by atoms with Crippen molar-refractivity contribution in [2.24, 2.45) is 0 Å². The largest absolute Gasteiger partial charge is 0.493 e. The summed E-state index contributed by atoms with van der Waals surface area (Å²) in [6.07, 6.45) is 0. The summed E-state index contributed by atoms with van der Waals surface area (Å²) in [4.78, 5) is 0. The first-order chi connectivity index (χ1) is 9.23. The van der Waals surface area contributed by atoms with Gasteiger partial charge in [0, 0.05) is 6.07 Å². The summed E-state index contributed by atoms with van der Waals surface area (Å²) in [5, 5.41) is 0. The summed E-state index contributed by atoms with van der Waals surface area (Å²) < 4.78 is 27.5. The Kier molecular flexibility index (Phi) is 6.12. The van der Waals surface area contributed by atoms with Crippen LogP contribution in [0.3, 0.4) is 0 Å².